The summed E-state index contributed by atoms with van der Waals surface area (Å²) in [6.45, 7) is 9.37. The molecule has 1 rings (SSSR count). The number of benzene rings is 1. The predicted molar refractivity (Wildman–Crippen MR) is 280 cm³/mol. The number of hydrogen-bond acceptors (Lipinski definition) is 0. The molecule has 0 aromatic heterocycles. The maximum Gasteiger partial charge on any atom is 0.464 e. The molecule has 0 fully saturated rings. The lowest BCUT2D eigenvalue weighted by Gasteiger charge is -2.63. The topological polar surface area (TPSA) is 4.44 Å². The first-order valence-electron chi connectivity index (χ1n) is 30.2. The fourth-order valence-electron chi connectivity index (χ4n) is 10.6. The van der Waals surface area contributed by atoms with Gasteiger partial charge < -0.3 is 0 Å². The van der Waals surface area contributed by atoms with E-state index in [9.17, 15) is 35.1 Å². The van der Waals surface area contributed by atoms with Crippen molar-refractivity contribution in [2.45, 2.75) is 310 Å². The van der Waals surface area contributed by atoms with Gasteiger partial charge in [0.2, 0.25) is 23.3 Å². The zero-order valence-electron chi connectivity index (χ0n) is 51.3. The predicted octanol–water partition coefficient (Wildman–Crippen LogP) is 23.8. The second-order valence-corrected chi connectivity index (χ2v) is 23.6. The van der Waals surface area contributed by atoms with Crippen molar-refractivity contribution in [1.29, 1.82) is 0 Å². The minimum absolute atomic E-state index is 0.0414. The molecule has 1 N–H and O–H groups in total. The molecule has 91 heavy (non-hydrogen) atoms. The van der Waals surface area contributed by atoms with E-state index >= 15 is 105 Å². The monoisotopic (exact) mass is 1400 g/mol. The third-order valence-electron chi connectivity index (χ3n) is 16.2. The van der Waals surface area contributed by atoms with Crippen molar-refractivity contribution in [3.63, 3.8) is 0 Å². The smallest absolute Gasteiger partial charge is 0.244 e. The zero-order chi connectivity index (χ0) is 71.8. The summed E-state index contributed by atoms with van der Waals surface area (Å²) in [4.78, 5) is -1.43. The third kappa shape index (κ3) is 17.8. The molecule has 1 aromatic rings. The first kappa shape index (κ1) is 88.0. The second kappa shape index (κ2) is 33.3. The summed E-state index contributed by atoms with van der Waals surface area (Å²) in [7, 11) is 0. The molecule has 1 nitrogen and oxygen atoms in total. The SMILES string of the molecule is CCCCCCC(F)(F)C(F)(F)C(F)(F)[B-](C(F)(F)C(F)(F)C(F)(F)CCCCCC)(C(F)(F)C(F)(F)C(F)(F)CCCCCC)C(F)(F)C(F)(F)C(F)(F)CCCCCC.CCCCCCC(F)(F)C(F)(F)C(F)(F)[NH+](CC(C)CCC)c1ccc(F)cc1F. The van der Waals surface area contributed by atoms with Crippen LogP contribution < -0.4 is 4.90 Å². The van der Waals surface area contributed by atoms with Crippen LogP contribution in [0.5, 0.6) is 0 Å². The number of rotatable bonds is 45. The molecule has 1 aromatic carbocycles. The zero-order valence-corrected chi connectivity index (χ0v) is 51.3. The van der Waals surface area contributed by atoms with E-state index < -0.39 is 213 Å². The number of quaternary nitrogens is 1. The Kier molecular flexibility index (Phi) is 32.2. The molecule has 0 amide bonds. The number of halogens is 32. The van der Waals surface area contributed by atoms with Crippen molar-refractivity contribution >= 4 is 11.8 Å². The third-order valence-corrected chi connectivity index (χ3v) is 16.2. The second-order valence-electron chi connectivity index (χ2n) is 23.6. The van der Waals surface area contributed by atoms with Gasteiger partial charge in [-0.3, -0.25) is 0 Å². The summed E-state index contributed by atoms with van der Waals surface area (Å²) in [6.07, 6.45) is -34.2. The Bertz CT molecular complexity index is 2070. The van der Waals surface area contributed by atoms with Crippen LogP contribution in [0.1, 0.15) is 222 Å². The van der Waals surface area contributed by atoms with E-state index in [1.54, 1.807) is 13.8 Å². The Labute approximate surface area is 509 Å². The normalized spacial score (nSPS) is 15.5. The maximum atomic E-state index is 16.5. The molecule has 0 bridgehead atoms. The van der Waals surface area contributed by atoms with Gasteiger partial charge in [-0.1, -0.05) is 151 Å². The first-order chi connectivity index (χ1) is 41.1. The Balaban J connectivity index is 0.00000224. The van der Waals surface area contributed by atoms with Crippen LogP contribution in [0.4, 0.5) is 146 Å². The van der Waals surface area contributed by atoms with Crippen molar-refractivity contribution in [3.8, 4) is 0 Å². The van der Waals surface area contributed by atoms with E-state index in [1.807, 2.05) is 0 Å². The van der Waals surface area contributed by atoms with E-state index in [0.29, 0.717) is 37.8 Å². The van der Waals surface area contributed by atoms with Crippen LogP contribution in [0, 0.1) is 17.6 Å². The summed E-state index contributed by atoms with van der Waals surface area (Å²) < 4.78 is 494. The number of nitrogens with one attached hydrogen (secondary N) is 1. The Hall–Kier alpha value is -3.00. The van der Waals surface area contributed by atoms with Crippen molar-refractivity contribution in [2.24, 2.45) is 5.92 Å². The Morgan fingerprint density at radius 2 is 0.571 bits per heavy atom. The van der Waals surface area contributed by atoms with Gasteiger partial charge in [0.25, 0.3) is 0 Å². The molecule has 0 aliphatic heterocycles. The molecule has 0 aliphatic carbocycles. The van der Waals surface area contributed by atoms with Crippen molar-refractivity contribution in [3.05, 3.63) is 29.8 Å². The van der Waals surface area contributed by atoms with Crippen LogP contribution in [-0.4, -0.2) is 101 Å². The molecule has 0 saturated heterocycles. The molecule has 0 radical (unpaired) electrons. The minimum atomic E-state index is -11.7. The van der Waals surface area contributed by atoms with E-state index in [4.69, 9.17) is 0 Å². The fourth-order valence-corrected chi connectivity index (χ4v) is 10.6. The minimum Gasteiger partial charge on any atom is -0.244 e. The average molecular weight is 1400 g/mol. The van der Waals surface area contributed by atoms with Crippen LogP contribution in [0.3, 0.4) is 0 Å². The van der Waals surface area contributed by atoms with Gasteiger partial charge in [0.15, 0.2) is 11.5 Å². The molecule has 0 saturated carbocycles. The highest BCUT2D eigenvalue weighted by Gasteiger charge is 3.03. The molecule has 34 heteroatoms. The summed E-state index contributed by atoms with van der Waals surface area (Å²) in [5, 5.41) is 0. The van der Waals surface area contributed by atoms with Gasteiger partial charge in [0, 0.05) is 50.2 Å². The summed E-state index contributed by atoms with van der Waals surface area (Å²) in [5.41, 5.74) is -0.967. The van der Waals surface area contributed by atoms with E-state index in [2.05, 4.69) is 0 Å². The highest BCUT2D eigenvalue weighted by Crippen LogP contribution is 2.73. The van der Waals surface area contributed by atoms with Gasteiger partial charge in [-0.2, -0.15) is 87.8 Å². The van der Waals surface area contributed by atoms with Crippen LogP contribution in [0.15, 0.2) is 18.2 Å². The van der Waals surface area contributed by atoms with Crippen LogP contribution in [-0.2, 0) is 0 Å². The summed E-state index contributed by atoms with van der Waals surface area (Å²) in [5.74, 6) is -117. The fraction of sp³-hybridized carbons (Fsp3) is 0.895. The largest absolute Gasteiger partial charge is 0.464 e. The van der Waals surface area contributed by atoms with Gasteiger partial charge >= 0.3 is 71.4 Å². The quantitative estimate of drug-likeness (QED) is 0.0287. The molecule has 2 unspecified atom stereocenters. The van der Waals surface area contributed by atoms with E-state index in [1.165, 1.54) is 34.6 Å². The van der Waals surface area contributed by atoms with Crippen molar-refractivity contribution < 1.29 is 145 Å². The van der Waals surface area contributed by atoms with Crippen molar-refractivity contribution in [2.75, 3.05) is 6.54 Å². The van der Waals surface area contributed by atoms with Gasteiger partial charge in [-0.15, -0.1) is 8.78 Å². The van der Waals surface area contributed by atoms with E-state index in [-0.39, 0.29) is 70.3 Å². The van der Waals surface area contributed by atoms with Crippen molar-refractivity contribution in [1.82, 2.24) is 0 Å². The van der Waals surface area contributed by atoms with Crippen LogP contribution >= 0.6 is 0 Å². The van der Waals surface area contributed by atoms with Crippen LogP contribution in [0.2, 0.25) is 0 Å². The highest BCUT2D eigenvalue weighted by atomic mass is 19.4. The highest BCUT2D eigenvalue weighted by molar-refractivity contribution is 6.89. The molecule has 0 aliphatic rings. The molecule has 2 atom stereocenters. The molecular formula is C57H82BF32N. The summed E-state index contributed by atoms with van der Waals surface area (Å²) in [6, 6.07) is -3.80. The first-order valence-corrected chi connectivity index (χ1v) is 30.2. The van der Waals surface area contributed by atoms with Gasteiger partial charge in [0.05, 0.1) is 6.54 Å². The maximum absolute atomic E-state index is 16.5. The Morgan fingerprint density at radius 3 is 0.791 bits per heavy atom. The Morgan fingerprint density at radius 1 is 0.330 bits per heavy atom. The van der Waals surface area contributed by atoms with E-state index in [0.717, 1.165) is 0 Å². The summed E-state index contributed by atoms with van der Waals surface area (Å²) >= 11 is 0. The number of hydrogen-bond donors (Lipinski definition) is 1. The average Bonchev–Trinajstić information content (AvgIpc) is 0.643. The lowest BCUT2D eigenvalue weighted by Crippen LogP contribution is -3.18. The van der Waals surface area contributed by atoms with Crippen LogP contribution in [0.25, 0.3) is 0 Å². The molecule has 542 valence electrons. The lowest BCUT2D eigenvalue weighted by molar-refractivity contribution is -0.951. The molecular weight excluding hydrogens is 1320 g/mol. The van der Waals surface area contributed by atoms with Gasteiger partial charge in [0.1, 0.15) is 5.82 Å². The number of alkyl halides is 30. The van der Waals surface area contributed by atoms with Gasteiger partial charge in [-0.25, -0.2) is 48.8 Å². The lowest BCUT2D eigenvalue weighted by atomic mass is 9.08. The number of unbranched alkanes of at least 4 members (excludes halogenated alkanes) is 15. The molecule has 0 heterocycles. The molecule has 0 spiro atoms. The standard InChI is InChI=1S/C36H52BF24.C21H29F8N/c1-5-9-13-17-21-25(38,39)29(46,47)33(54,55)37(34(56,57)30(48,49)26(40,41)22-18-14-10-6-2,35(58,59)31(50,51)27(42,43)23-19-15-11-7-3)36(60,61)32(52,53)28(44,45)24-20-16-12-8-4;1-4-6-7-8-12-19(24,25)20(26,27)21(28,29)30(14-15(3)9-5-2)18-11-10-16(22)13-17(18)23/h5-24H2,1-4H3;10-11,13,15H,4-9,12,14H2,1-3H3/q-1;/p+1. The van der Waals surface area contributed by atoms with Gasteiger partial charge in [-0.05, 0) is 44.6 Å².